The lowest BCUT2D eigenvalue weighted by Gasteiger charge is -2.23. The van der Waals surface area contributed by atoms with Crippen molar-refractivity contribution in [3.63, 3.8) is 0 Å². The molecular formula is C16H18N4O4. The first-order chi connectivity index (χ1) is 11.3. The molecule has 1 aromatic heterocycles. The lowest BCUT2D eigenvalue weighted by Crippen LogP contribution is -2.36. The molecule has 0 aliphatic carbocycles. The fraction of sp³-hybridized carbons (Fsp3) is 0.312. The molecule has 1 heterocycles. The van der Waals surface area contributed by atoms with Crippen LogP contribution in [0.15, 0.2) is 30.3 Å². The molecule has 0 saturated heterocycles. The number of nitrogens with zero attached hydrogens (tertiary/aromatic N) is 4. The van der Waals surface area contributed by atoms with Crippen LogP contribution in [0, 0.1) is 10.1 Å². The van der Waals surface area contributed by atoms with Crippen molar-refractivity contribution < 1.29 is 14.8 Å². The number of likely N-dealkylation sites (N-methyl/N-ethyl adjacent to an activating group) is 1. The van der Waals surface area contributed by atoms with Gasteiger partial charge in [0.2, 0.25) is 0 Å². The highest BCUT2D eigenvalue weighted by Gasteiger charge is 2.20. The fourth-order valence-corrected chi connectivity index (χ4v) is 2.07. The molecule has 0 fully saturated rings. The van der Waals surface area contributed by atoms with Crippen molar-refractivity contribution in [1.29, 1.82) is 0 Å². The molecule has 0 saturated carbocycles. The van der Waals surface area contributed by atoms with Crippen LogP contribution in [0.2, 0.25) is 0 Å². The van der Waals surface area contributed by atoms with E-state index in [0.717, 1.165) is 5.69 Å². The van der Waals surface area contributed by atoms with Crippen LogP contribution < -0.4 is 4.90 Å². The van der Waals surface area contributed by atoms with Crippen molar-refractivity contribution in [2.75, 3.05) is 11.9 Å². The maximum Gasteiger partial charge on any atom is 0.326 e. The second-order valence-corrected chi connectivity index (χ2v) is 5.32. The highest BCUT2D eigenvalue weighted by atomic mass is 16.6. The van der Waals surface area contributed by atoms with Gasteiger partial charge in [-0.3, -0.25) is 10.1 Å². The predicted octanol–water partition coefficient (Wildman–Crippen LogP) is 2.52. The Balaban J connectivity index is 2.45. The summed E-state index contributed by atoms with van der Waals surface area (Å²) in [6, 6.07) is 6.94. The summed E-state index contributed by atoms with van der Waals surface area (Å²) in [7, 11) is 1.65. The number of nitro groups is 1. The Bertz CT molecular complexity index is 761. The number of aliphatic carboxylic acids is 1. The Morgan fingerprint density at radius 1 is 1.33 bits per heavy atom. The smallest absolute Gasteiger partial charge is 0.326 e. The number of carboxylic acids is 1. The van der Waals surface area contributed by atoms with Crippen LogP contribution in [0.1, 0.15) is 19.5 Å². The number of aryl methyl sites for hydroxylation is 1. The zero-order valence-electron chi connectivity index (χ0n) is 13.6. The molecule has 0 aliphatic rings. The lowest BCUT2D eigenvalue weighted by molar-refractivity contribution is -0.384. The Hall–Kier alpha value is -3.03. The summed E-state index contributed by atoms with van der Waals surface area (Å²) in [4.78, 5) is 31.8. The van der Waals surface area contributed by atoms with Gasteiger partial charge in [0.05, 0.1) is 4.92 Å². The molecule has 2 rings (SSSR count). The number of benzene rings is 1. The number of nitro benzene ring substituents is 1. The summed E-state index contributed by atoms with van der Waals surface area (Å²) in [5.74, 6) is -0.0557. The van der Waals surface area contributed by atoms with Gasteiger partial charge in [-0.15, -0.1) is 0 Å². The van der Waals surface area contributed by atoms with Gasteiger partial charge < -0.3 is 10.0 Å². The Labute approximate surface area is 138 Å². The zero-order chi connectivity index (χ0) is 17.9. The summed E-state index contributed by atoms with van der Waals surface area (Å²) in [5.41, 5.74) is 1.38. The molecule has 0 aliphatic heterocycles. The highest BCUT2D eigenvalue weighted by molar-refractivity contribution is 5.77. The van der Waals surface area contributed by atoms with Gasteiger partial charge in [-0.25, -0.2) is 14.8 Å². The zero-order valence-corrected chi connectivity index (χ0v) is 13.6. The average Bonchev–Trinajstić information content (AvgIpc) is 2.59. The maximum absolute atomic E-state index is 11.2. The van der Waals surface area contributed by atoms with Gasteiger partial charge in [-0.1, -0.05) is 6.92 Å². The van der Waals surface area contributed by atoms with Gasteiger partial charge in [-0.05, 0) is 25.5 Å². The third-order valence-electron chi connectivity index (χ3n) is 3.76. The van der Waals surface area contributed by atoms with E-state index in [-0.39, 0.29) is 5.69 Å². The molecule has 0 amide bonds. The van der Waals surface area contributed by atoms with E-state index < -0.39 is 16.9 Å². The second-order valence-electron chi connectivity index (χ2n) is 5.32. The van der Waals surface area contributed by atoms with Crippen LogP contribution in [0.25, 0.3) is 11.4 Å². The third kappa shape index (κ3) is 3.65. The van der Waals surface area contributed by atoms with Crippen LogP contribution in [0.3, 0.4) is 0 Å². The molecule has 2 aromatic rings. The average molecular weight is 330 g/mol. The molecule has 1 atom stereocenters. The van der Waals surface area contributed by atoms with E-state index in [0.29, 0.717) is 23.6 Å². The van der Waals surface area contributed by atoms with E-state index >= 15 is 0 Å². The summed E-state index contributed by atoms with van der Waals surface area (Å²) in [5, 5.41) is 19.9. The van der Waals surface area contributed by atoms with Crippen molar-refractivity contribution in [3.8, 4) is 11.4 Å². The van der Waals surface area contributed by atoms with Crippen molar-refractivity contribution in [2.45, 2.75) is 26.3 Å². The topological polar surface area (TPSA) is 109 Å². The van der Waals surface area contributed by atoms with Gasteiger partial charge in [0.1, 0.15) is 11.9 Å². The van der Waals surface area contributed by atoms with Crippen molar-refractivity contribution in [2.24, 2.45) is 0 Å². The number of non-ortho nitro benzene ring substituents is 1. The van der Waals surface area contributed by atoms with E-state index in [1.54, 1.807) is 37.1 Å². The highest BCUT2D eigenvalue weighted by Crippen LogP contribution is 2.23. The summed E-state index contributed by atoms with van der Waals surface area (Å²) < 4.78 is 0. The molecule has 1 N–H and O–H groups in total. The third-order valence-corrected chi connectivity index (χ3v) is 3.76. The van der Waals surface area contributed by atoms with E-state index in [4.69, 9.17) is 5.11 Å². The first-order valence-corrected chi connectivity index (χ1v) is 7.42. The molecule has 8 nitrogen and oxygen atoms in total. The minimum Gasteiger partial charge on any atom is -0.480 e. The van der Waals surface area contributed by atoms with Crippen LogP contribution >= 0.6 is 0 Å². The van der Waals surface area contributed by atoms with Crippen molar-refractivity contribution >= 4 is 17.5 Å². The first kappa shape index (κ1) is 17.3. The van der Waals surface area contributed by atoms with Crippen molar-refractivity contribution in [3.05, 3.63) is 46.1 Å². The number of rotatable bonds is 6. The SMILES string of the molecule is CCc1cc(N(C)C(C)C(=O)O)nc(-c2ccc([N+](=O)[O-])cc2)n1. The van der Waals surface area contributed by atoms with Crippen LogP contribution in [0.4, 0.5) is 11.5 Å². The minimum atomic E-state index is -0.953. The van der Waals surface area contributed by atoms with Gasteiger partial charge in [-0.2, -0.15) is 0 Å². The van der Waals surface area contributed by atoms with E-state index in [9.17, 15) is 14.9 Å². The largest absolute Gasteiger partial charge is 0.480 e. The molecule has 0 radical (unpaired) electrons. The molecule has 0 spiro atoms. The van der Waals surface area contributed by atoms with E-state index in [1.165, 1.54) is 12.1 Å². The number of carbonyl (C=O) groups is 1. The monoisotopic (exact) mass is 330 g/mol. The summed E-state index contributed by atoms with van der Waals surface area (Å²) >= 11 is 0. The molecule has 0 bridgehead atoms. The summed E-state index contributed by atoms with van der Waals surface area (Å²) in [6.45, 7) is 3.51. The van der Waals surface area contributed by atoms with Crippen LogP contribution in [-0.4, -0.2) is 39.1 Å². The standard InChI is InChI=1S/C16H18N4O4/c1-4-12-9-14(19(3)10(2)16(21)22)18-15(17-12)11-5-7-13(8-6-11)20(23)24/h5-10H,4H2,1-3H3,(H,21,22). The summed E-state index contributed by atoms with van der Waals surface area (Å²) in [6.07, 6.45) is 0.658. The van der Waals surface area contributed by atoms with E-state index in [2.05, 4.69) is 9.97 Å². The molecule has 24 heavy (non-hydrogen) atoms. The number of anilines is 1. The lowest BCUT2D eigenvalue weighted by atomic mass is 10.2. The van der Waals surface area contributed by atoms with Gasteiger partial charge in [0.15, 0.2) is 5.82 Å². The van der Waals surface area contributed by atoms with Crippen LogP contribution in [-0.2, 0) is 11.2 Å². The minimum absolute atomic E-state index is 0.0118. The number of hydrogen-bond acceptors (Lipinski definition) is 6. The molecule has 8 heteroatoms. The number of carboxylic acid groups (broad SMARTS) is 1. The predicted molar refractivity (Wildman–Crippen MR) is 89.0 cm³/mol. The second kappa shape index (κ2) is 7.03. The Morgan fingerprint density at radius 2 is 1.96 bits per heavy atom. The van der Waals surface area contributed by atoms with Crippen LogP contribution in [0.5, 0.6) is 0 Å². The molecule has 126 valence electrons. The van der Waals surface area contributed by atoms with Gasteiger partial charge >= 0.3 is 5.97 Å². The Kier molecular flexibility index (Phi) is 5.08. The quantitative estimate of drug-likeness (QED) is 0.640. The van der Waals surface area contributed by atoms with Gasteiger partial charge in [0.25, 0.3) is 5.69 Å². The molecular weight excluding hydrogens is 312 g/mol. The first-order valence-electron chi connectivity index (χ1n) is 7.42. The fourth-order valence-electron chi connectivity index (χ4n) is 2.07. The Morgan fingerprint density at radius 3 is 2.46 bits per heavy atom. The molecule has 1 aromatic carbocycles. The molecule has 1 unspecified atom stereocenters. The van der Waals surface area contributed by atoms with Gasteiger partial charge in [0, 0.05) is 36.5 Å². The van der Waals surface area contributed by atoms with Crippen molar-refractivity contribution in [1.82, 2.24) is 9.97 Å². The normalized spacial score (nSPS) is 11.8. The number of hydrogen-bond donors (Lipinski definition) is 1. The van der Waals surface area contributed by atoms with E-state index in [1.807, 2.05) is 6.92 Å². The number of aromatic nitrogens is 2. The maximum atomic E-state index is 11.2.